The molecule has 0 radical (unpaired) electrons. The number of hydrogen-bond donors (Lipinski definition) is 1. The highest BCUT2D eigenvalue weighted by molar-refractivity contribution is 5.74. The molecule has 1 fully saturated rings. The second-order valence-corrected chi connectivity index (χ2v) is 5.52. The molecule has 0 aromatic carbocycles. The summed E-state index contributed by atoms with van der Waals surface area (Å²) in [5, 5.41) is 1.95. The molecule has 1 aromatic rings. The lowest BCUT2D eigenvalue weighted by Crippen LogP contribution is -2.51. The third-order valence-corrected chi connectivity index (χ3v) is 3.74. The fourth-order valence-electron chi connectivity index (χ4n) is 2.52. The minimum absolute atomic E-state index is 0.0884. The van der Waals surface area contributed by atoms with E-state index in [1.165, 1.54) is 11.2 Å². The fourth-order valence-corrected chi connectivity index (χ4v) is 2.52. The summed E-state index contributed by atoms with van der Waals surface area (Å²) in [6, 6.07) is 2.60. The summed E-state index contributed by atoms with van der Waals surface area (Å²) >= 11 is 0. The van der Waals surface area contributed by atoms with Gasteiger partial charge in [-0.3, -0.25) is 0 Å². The highest BCUT2D eigenvalue weighted by Crippen LogP contribution is 2.19. The van der Waals surface area contributed by atoms with Crippen molar-refractivity contribution in [1.29, 1.82) is 0 Å². The second-order valence-electron chi connectivity index (χ2n) is 5.52. The van der Waals surface area contributed by atoms with Gasteiger partial charge in [0.2, 0.25) is 0 Å². The molecule has 0 spiro atoms. The molecule has 1 saturated heterocycles. The molecular weight excluding hydrogens is 299 g/mol. The van der Waals surface area contributed by atoms with Crippen molar-refractivity contribution in [2.75, 3.05) is 26.7 Å². The number of piperidine rings is 1. The van der Waals surface area contributed by atoms with Gasteiger partial charge in [0.25, 0.3) is 0 Å². The number of likely N-dealkylation sites (tertiary alicyclic amines) is 1. The number of amides is 2. The van der Waals surface area contributed by atoms with Crippen molar-refractivity contribution < 1.29 is 22.4 Å². The van der Waals surface area contributed by atoms with E-state index in [0.29, 0.717) is 5.76 Å². The quantitative estimate of drug-likeness (QED) is 0.927. The van der Waals surface area contributed by atoms with E-state index in [2.05, 4.69) is 4.90 Å². The van der Waals surface area contributed by atoms with E-state index in [1.807, 2.05) is 12.4 Å². The van der Waals surface area contributed by atoms with Crippen molar-refractivity contribution in [1.82, 2.24) is 15.1 Å². The Morgan fingerprint density at radius 1 is 1.45 bits per heavy atom. The standard InChI is InChI=1S/C14H20F3N3O2/c1-19-6-4-11(5-7-19)20(9-12-3-2-8-22-12)13(21)18-10-14(15,16)17/h2-3,8,11H,4-7,9-10H2,1H3,(H,18,21). The smallest absolute Gasteiger partial charge is 0.405 e. The van der Waals surface area contributed by atoms with Crippen LogP contribution >= 0.6 is 0 Å². The average molecular weight is 319 g/mol. The number of alkyl halides is 3. The van der Waals surface area contributed by atoms with Crippen LogP contribution in [0.15, 0.2) is 22.8 Å². The van der Waals surface area contributed by atoms with Gasteiger partial charge in [-0.2, -0.15) is 13.2 Å². The van der Waals surface area contributed by atoms with E-state index in [1.54, 1.807) is 12.1 Å². The molecular formula is C14H20F3N3O2. The zero-order chi connectivity index (χ0) is 16.2. The van der Waals surface area contributed by atoms with Crippen molar-refractivity contribution in [2.24, 2.45) is 0 Å². The largest absolute Gasteiger partial charge is 0.467 e. The Bertz CT molecular complexity index is 468. The molecule has 1 aliphatic rings. The van der Waals surface area contributed by atoms with Crippen LogP contribution in [-0.2, 0) is 6.54 Å². The second kappa shape index (κ2) is 7.04. The Hall–Kier alpha value is -1.70. The number of hydrogen-bond acceptors (Lipinski definition) is 3. The summed E-state index contributed by atoms with van der Waals surface area (Å²) in [6.07, 6.45) is -1.47. The topological polar surface area (TPSA) is 48.7 Å². The van der Waals surface area contributed by atoms with Gasteiger partial charge < -0.3 is 19.5 Å². The lowest BCUT2D eigenvalue weighted by molar-refractivity contribution is -0.123. The Morgan fingerprint density at radius 3 is 2.68 bits per heavy atom. The Balaban J connectivity index is 2.02. The number of urea groups is 1. The van der Waals surface area contributed by atoms with Crippen LogP contribution in [0.2, 0.25) is 0 Å². The van der Waals surface area contributed by atoms with Crippen molar-refractivity contribution in [2.45, 2.75) is 31.6 Å². The minimum Gasteiger partial charge on any atom is -0.467 e. The van der Waals surface area contributed by atoms with Gasteiger partial charge in [-0.15, -0.1) is 0 Å². The summed E-state index contributed by atoms with van der Waals surface area (Å²) in [5.41, 5.74) is 0. The number of carbonyl (C=O) groups is 1. The predicted octanol–water partition coefficient (Wildman–Crippen LogP) is 2.45. The average Bonchev–Trinajstić information content (AvgIpc) is 2.96. The van der Waals surface area contributed by atoms with Gasteiger partial charge in [-0.25, -0.2) is 4.79 Å². The SMILES string of the molecule is CN1CCC(N(Cc2ccco2)C(=O)NCC(F)(F)F)CC1. The van der Waals surface area contributed by atoms with E-state index >= 15 is 0 Å². The summed E-state index contributed by atoms with van der Waals surface area (Å²) < 4.78 is 42.1. The van der Waals surface area contributed by atoms with Crippen LogP contribution in [0.1, 0.15) is 18.6 Å². The first kappa shape index (κ1) is 16.7. The highest BCUT2D eigenvalue weighted by Gasteiger charge is 2.32. The molecule has 8 heteroatoms. The zero-order valence-electron chi connectivity index (χ0n) is 12.4. The van der Waals surface area contributed by atoms with Crippen LogP contribution in [-0.4, -0.2) is 54.7 Å². The van der Waals surface area contributed by atoms with Crippen LogP contribution in [0.5, 0.6) is 0 Å². The number of rotatable bonds is 4. The number of nitrogens with zero attached hydrogens (tertiary/aromatic N) is 2. The Kier molecular flexibility index (Phi) is 5.33. The van der Waals surface area contributed by atoms with E-state index in [0.717, 1.165) is 25.9 Å². The van der Waals surface area contributed by atoms with Crippen molar-refractivity contribution in [3.63, 3.8) is 0 Å². The molecule has 0 atom stereocenters. The Morgan fingerprint density at radius 2 is 2.14 bits per heavy atom. The van der Waals surface area contributed by atoms with E-state index in [4.69, 9.17) is 4.42 Å². The van der Waals surface area contributed by atoms with E-state index in [-0.39, 0.29) is 12.6 Å². The molecule has 0 bridgehead atoms. The van der Waals surface area contributed by atoms with Gasteiger partial charge in [-0.05, 0) is 45.1 Å². The molecule has 0 saturated carbocycles. The first-order valence-corrected chi connectivity index (χ1v) is 7.17. The molecule has 2 heterocycles. The lowest BCUT2D eigenvalue weighted by Gasteiger charge is -2.37. The number of halogens is 3. The van der Waals surface area contributed by atoms with E-state index in [9.17, 15) is 18.0 Å². The summed E-state index contributed by atoms with van der Waals surface area (Å²) in [7, 11) is 1.98. The third-order valence-electron chi connectivity index (χ3n) is 3.74. The van der Waals surface area contributed by atoms with Gasteiger partial charge in [-0.1, -0.05) is 0 Å². The molecule has 1 aromatic heterocycles. The maximum absolute atomic E-state index is 12.3. The Labute approximate surface area is 127 Å². The molecule has 0 unspecified atom stereocenters. The summed E-state index contributed by atoms with van der Waals surface area (Å²) in [5.74, 6) is 0.557. The molecule has 1 aliphatic heterocycles. The van der Waals surface area contributed by atoms with Crippen LogP contribution in [0.3, 0.4) is 0 Å². The maximum atomic E-state index is 12.3. The van der Waals surface area contributed by atoms with Gasteiger partial charge in [0, 0.05) is 6.04 Å². The molecule has 124 valence electrons. The van der Waals surface area contributed by atoms with Crippen LogP contribution in [0.25, 0.3) is 0 Å². The van der Waals surface area contributed by atoms with Crippen LogP contribution < -0.4 is 5.32 Å². The normalized spacial score (nSPS) is 17.5. The molecule has 2 amide bonds. The predicted molar refractivity (Wildman–Crippen MR) is 74.2 cm³/mol. The number of carbonyl (C=O) groups excluding carboxylic acids is 1. The summed E-state index contributed by atoms with van der Waals surface area (Å²) in [6.45, 7) is 0.468. The molecule has 22 heavy (non-hydrogen) atoms. The van der Waals surface area contributed by atoms with Gasteiger partial charge in [0.15, 0.2) is 0 Å². The fraction of sp³-hybridized carbons (Fsp3) is 0.643. The zero-order valence-corrected chi connectivity index (χ0v) is 12.4. The minimum atomic E-state index is -4.42. The molecule has 1 N–H and O–H groups in total. The van der Waals surface area contributed by atoms with Crippen LogP contribution in [0, 0.1) is 0 Å². The van der Waals surface area contributed by atoms with Gasteiger partial charge in [0.05, 0.1) is 12.8 Å². The first-order chi connectivity index (χ1) is 10.3. The lowest BCUT2D eigenvalue weighted by atomic mass is 10.0. The van der Waals surface area contributed by atoms with Gasteiger partial charge >= 0.3 is 12.2 Å². The summed E-state index contributed by atoms with van der Waals surface area (Å²) in [4.78, 5) is 15.7. The van der Waals surface area contributed by atoms with Crippen LogP contribution in [0.4, 0.5) is 18.0 Å². The van der Waals surface area contributed by atoms with E-state index < -0.39 is 18.8 Å². The maximum Gasteiger partial charge on any atom is 0.405 e. The van der Waals surface area contributed by atoms with Crippen molar-refractivity contribution >= 4 is 6.03 Å². The highest BCUT2D eigenvalue weighted by atomic mass is 19.4. The molecule has 0 aliphatic carbocycles. The van der Waals surface area contributed by atoms with Crippen molar-refractivity contribution in [3.05, 3.63) is 24.2 Å². The number of furan rings is 1. The molecule has 2 rings (SSSR count). The van der Waals surface area contributed by atoms with Crippen molar-refractivity contribution in [3.8, 4) is 0 Å². The third kappa shape index (κ3) is 4.94. The first-order valence-electron chi connectivity index (χ1n) is 7.17. The van der Waals surface area contributed by atoms with Gasteiger partial charge in [0.1, 0.15) is 12.3 Å². The molecule has 5 nitrogen and oxygen atoms in total. The monoisotopic (exact) mass is 319 g/mol. The number of nitrogens with one attached hydrogen (secondary N) is 1.